The SMILES string of the molecule is Cc1ccc(COc2ccc(C(F)(F)Oc3cc(F)c(F)c(F)c3)c(F)c2F)cc1. The van der Waals surface area contributed by atoms with Crippen LogP contribution in [0.4, 0.5) is 30.7 Å². The molecule has 0 aromatic heterocycles. The molecular weight excluding hydrogens is 417 g/mol. The molecule has 0 radical (unpaired) electrons. The van der Waals surface area contributed by atoms with Gasteiger partial charge in [-0.25, -0.2) is 17.6 Å². The predicted octanol–water partition coefficient (Wildman–Crippen LogP) is 6.40. The van der Waals surface area contributed by atoms with Gasteiger partial charge in [-0.05, 0) is 24.6 Å². The number of rotatable bonds is 6. The maximum atomic E-state index is 14.3. The van der Waals surface area contributed by atoms with Crippen LogP contribution in [0.3, 0.4) is 0 Å². The Hall–Kier alpha value is -3.23. The van der Waals surface area contributed by atoms with Crippen LogP contribution in [0, 0.1) is 36.0 Å². The summed E-state index contributed by atoms with van der Waals surface area (Å²) in [6.45, 7) is 1.71. The van der Waals surface area contributed by atoms with E-state index in [2.05, 4.69) is 4.74 Å². The Morgan fingerprint density at radius 1 is 0.767 bits per heavy atom. The highest BCUT2D eigenvalue weighted by Crippen LogP contribution is 2.37. The van der Waals surface area contributed by atoms with E-state index in [1.54, 1.807) is 24.3 Å². The highest BCUT2D eigenvalue weighted by atomic mass is 19.3. The molecule has 0 aliphatic heterocycles. The molecule has 0 bridgehead atoms. The first-order valence-electron chi connectivity index (χ1n) is 8.46. The normalized spacial score (nSPS) is 11.5. The van der Waals surface area contributed by atoms with Gasteiger partial charge in [0.2, 0.25) is 5.82 Å². The molecule has 158 valence electrons. The third-order valence-corrected chi connectivity index (χ3v) is 4.08. The summed E-state index contributed by atoms with van der Waals surface area (Å²) >= 11 is 0. The largest absolute Gasteiger partial charge is 0.486 e. The van der Waals surface area contributed by atoms with Crippen molar-refractivity contribution in [2.45, 2.75) is 19.6 Å². The second-order valence-corrected chi connectivity index (χ2v) is 6.33. The van der Waals surface area contributed by atoms with Crippen LogP contribution in [-0.4, -0.2) is 0 Å². The lowest BCUT2D eigenvalue weighted by Crippen LogP contribution is -2.24. The second-order valence-electron chi connectivity index (χ2n) is 6.33. The van der Waals surface area contributed by atoms with E-state index in [1.807, 2.05) is 6.92 Å². The van der Waals surface area contributed by atoms with E-state index in [4.69, 9.17) is 4.74 Å². The lowest BCUT2D eigenvalue weighted by Gasteiger charge is -2.20. The van der Waals surface area contributed by atoms with Crippen LogP contribution in [0.2, 0.25) is 0 Å². The molecule has 0 N–H and O–H groups in total. The van der Waals surface area contributed by atoms with E-state index in [0.717, 1.165) is 11.6 Å². The number of hydrogen-bond acceptors (Lipinski definition) is 2. The van der Waals surface area contributed by atoms with Crippen molar-refractivity contribution in [1.29, 1.82) is 0 Å². The first kappa shape index (κ1) is 21.5. The summed E-state index contributed by atoms with van der Waals surface area (Å²) in [5, 5.41) is 0. The summed E-state index contributed by atoms with van der Waals surface area (Å²) in [4.78, 5) is 0. The van der Waals surface area contributed by atoms with Crippen LogP contribution >= 0.6 is 0 Å². The molecule has 0 atom stereocenters. The van der Waals surface area contributed by atoms with E-state index < -0.39 is 52.3 Å². The molecule has 0 aliphatic rings. The standard InChI is InChI=1S/C21H13F7O2/c1-11-2-4-12(5-3-11)10-29-17-7-6-14(18(24)20(17)26)21(27,28)30-13-8-15(22)19(25)16(23)9-13/h2-9H,10H2,1H3. The van der Waals surface area contributed by atoms with Crippen molar-refractivity contribution in [3.63, 3.8) is 0 Å². The highest BCUT2D eigenvalue weighted by Gasteiger charge is 2.40. The van der Waals surface area contributed by atoms with Crippen molar-refractivity contribution in [3.05, 3.63) is 94.3 Å². The molecule has 0 amide bonds. The first-order chi connectivity index (χ1) is 14.1. The highest BCUT2D eigenvalue weighted by molar-refractivity contribution is 5.34. The first-order valence-corrected chi connectivity index (χ1v) is 8.46. The lowest BCUT2D eigenvalue weighted by atomic mass is 10.1. The van der Waals surface area contributed by atoms with Gasteiger partial charge in [-0.2, -0.15) is 13.2 Å². The fraction of sp³-hybridized carbons (Fsp3) is 0.143. The summed E-state index contributed by atoms with van der Waals surface area (Å²) in [7, 11) is 0. The fourth-order valence-corrected chi connectivity index (χ4v) is 2.51. The molecular formula is C21H13F7O2. The third kappa shape index (κ3) is 4.50. The zero-order chi connectivity index (χ0) is 22.1. The van der Waals surface area contributed by atoms with Gasteiger partial charge >= 0.3 is 6.11 Å². The van der Waals surface area contributed by atoms with E-state index >= 15 is 0 Å². The minimum atomic E-state index is -4.52. The molecule has 0 aliphatic carbocycles. The lowest BCUT2D eigenvalue weighted by molar-refractivity contribution is -0.188. The molecule has 0 spiro atoms. The smallest absolute Gasteiger partial charge is 0.429 e. The minimum absolute atomic E-state index is 0.142. The van der Waals surface area contributed by atoms with Gasteiger partial charge < -0.3 is 9.47 Å². The van der Waals surface area contributed by atoms with Gasteiger partial charge in [0, 0.05) is 12.1 Å². The van der Waals surface area contributed by atoms with E-state index in [1.165, 1.54) is 0 Å². The summed E-state index contributed by atoms with van der Waals surface area (Å²) < 4.78 is 105. The van der Waals surface area contributed by atoms with Crippen LogP contribution < -0.4 is 9.47 Å². The van der Waals surface area contributed by atoms with Gasteiger partial charge in [-0.3, -0.25) is 0 Å². The summed E-state index contributed by atoms with van der Waals surface area (Å²) in [6.07, 6.45) is -4.52. The van der Waals surface area contributed by atoms with Crippen molar-refractivity contribution in [1.82, 2.24) is 0 Å². The van der Waals surface area contributed by atoms with Crippen molar-refractivity contribution in [2.75, 3.05) is 0 Å². The zero-order valence-corrected chi connectivity index (χ0v) is 15.3. The second kappa shape index (κ2) is 8.25. The molecule has 30 heavy (non-hydrogen) atoms. The average Bonchev–Trinajstić information content (AvgIpc) is 2.68. The average molecular weight is 430 g/mol. The topological polar surface area (TPSA) is 18.5 Å². The molecule has 2 nitrogen and oxygen atoms in total. The van der Waals surface area contributed by atoms with Crippen LogP contribution in [0.5, 0.6) is 11.5 Å². The maximum absolute atomic E-state index is 14.3. The van der Waals surface area contributed by atoms with E-state index in [9.17, 15) is 30.7 Å². The molecule has 3 aromatic carbocycles. The molecule has 0 unspecified atom stereocenters. The molecule has 0 saturated heterocycles. The van der Waals surface area contributed by atoms with Gasteiger partial charge in [0.05, 0.1) is 0 Å². The molecule has 3 aromatic rings. The van der Waals surface area contributed by atoms with Crippen LogP contribution in [-0.2, 0) is 12.7 Å². The Morgan fingerprint density at radius 3 is 1.97 bits per heavy atom. The fourth-order valence-electron chi connectivity index (χ4n) is 2.51. The third-order valence-electron chi connectivity index (χ3n) is 4.08. The Balaban J connectivity index is 1.81. The van der Waals surface area contributed by atoms with Crippen molar-refractivity contribution >= 4 is 0 Å². The van der Waals surface area contributed by atoms with Gasteiger partial charge in [-0.1, -0.05) is 29.8 Å². The minimum Gasteiger partial charge on any atom is -0.486 e. The molecule has 0 heterocycles. The van der Waals surface area contributed by atoms with E-state index in [-0.39, 0.29) is 18.7 Å². The Morgan fingerprint density at radius 2 is 1.37 bits per heavy atom. The van der Waals surface area contributed by atoms with Crippen LogP contribution in [0.25, 0.3) is 0 Å². The van der Waals surface area contributed by atoms with E-state index in [0.29, 0.717) is 11.6 Å². The summed E-state index contributed by atoms with van der Waals surface area (Å²) in [6, 6.07) is 8.53. The maximum Gasteiger partial charge on any atom is 0.429 e. The molecule has 9 heteroatoms. The van der Waals surface area contributed by atoms with Gasteiger partial charge in [-0.15, -0.1) is 0 Å². The number of hydrogen-bond donors (Lipinski definition) is 0. The molecule has 3 rings (SSSR count). The van der Waals surface area contributed by atoms with Crippen molar-refractivity contribution < 1.29 is 40.2 Å². The van der Waals surface area contributed by atoms with Gasteiger partial charge in [0.1, 0.15) is 17.9 Å². The Labute approximate surface area is 166 Å². The summed E-state index contributed by atoms with van der Waals surface area (Å²) in [5.74, 6) is -10.9. The van der Waals surface area contributed by atoms with Crippen LogP contribution in [0.1, 0.15) is 16.7 Å². The number of ether oxygens (including phenoxy) is 2. The Bertz CT molecular complexity index is 1040. The molecule has 0 fully saturated rings. The predicted molar refractivity (Wildman–Crippen MR) is 92.7 cm³/mol. The Kier molecular flexibility index (Phi) is 5.91. The quantitative estimate of drug-likeness (QED) is 0.333. The van der Waals surface area contributed by atoms with Gasteiger partial charge in [0.25, 0.3) is 0 Å². The number of benzene rings is 3. The zero-order valence-electron chi connectivity index (χ0n) is 15.3. The number of alkyl halides is 2. The van der Waals surface area contributed by atoms with Crippen LogP contribution in [0.15, 0.2) is 48.5 Å². The summed E-state index contributed by atoms with van der Waals surface area (Å²) in [5.41, 5.74) is 0.0785. The number of halogens is 7. The van der Waals surface area contributed by atoms with Crippen molar-refractivity contribution in [3.8, 4) is 11.5 Å². The van der Waals surface area contributed by atoms with Crippen molar-refractivity contribution in [2.24, 2.45) is 0 Å². The molecule has 0 saturated carbocycles. The van der Waals surface area contributed by atoms with Gasteiger partial charge in [0.15, 0.2) is 29.0 Å². The number of aryl methyl sites for hydroxylation is 1. The monoisotopic (exact) mass is 430 g/mol.